The normalized spacial score (nSPS) is 37.1. The number of allylic oxidation sites excluding steroid dienone is 1. The predicted octanol–water partition coefficient (Wildman–Crippen LogP) is 4.70. The number of ether oxygens (including phenoxy) is 1. The maximum absolute atomic E-state index is 13.6. The first-order valence-corrected chi connectivity index (χ1v) is 12.6. The number of ketones is 1. The Hall–Kier alpha value is -3.51. The van der Waals surface area contributed by atoms with Gasteiger partial charge in [0.1, 0.15) is 17.1 Å². The van der Waals surface area contributed by atoms with Gasteiger partial charge in [-0.25, -0.2) is 4.79 Å². The van der Waals surface area contributed by atoms with Crippen molar-refractivity contribution in [3.63, 3.8) is 0 Å². The third-order valence-electron chi connectivity index (χ3n) is 9.42. The lowest BCUT2D eigenvalue weighted by atomic mass is 9.63. The highest BCUT2D eigenvalue weighted by Gasteiger charge is 2.73. The lowest BCUT2D eigenvalue weighted by Crippen LogP contribution is -2.57. The quantitative estimate of drug-likeness (QED) is 0.402. The first kappa shape index (κ1) is 21.7. The Bertz CT molecular complexity index is 1490. The van der Waals surface area contributed by atoms with Gasteiger partial charge in [-0.1, -0.05) is 60.6 Å². The number of rotatable bonds is 1. The molecule has 1 saturated carbocycles. The van der Waals surface area contributed by atoms with E-state index >= 15 is 0 Å². The minimum absolute atomic E-state index is 0.171. The Morgan fingerprint density at radius 2 is 1.67 bits per heavy atom. The van der Waals surface area contributed by atoms with E-state index in [1.165, 1.54) is 6.08 Å². The molecule has 0 radical (unpaired) electrons. The summed E-state index contributed by atoms with van der Waals surface area (Å²) in [4.78, 5) is 32.8. The van der Waals surface area contributed by atoms with Crippen LogP contribution in [0.5, 0.6) is 0 Å². The SMILES string of the molecule is C[C@H]1CC[C@@H]2[C@@H](OC(=O)C23CC(c2c4ccccc4cc4ccccc24)=NO3)[C@]2(C)C(=O)C=C[C@@]12O. The zero-order valence-corrected chi connectivity index (χ0v) is 20.2. The molecule has 2 heterocycles. The number of benzene rings is 3. The molecule has 2 aliphatic carbocycles. The first-order valence-electron chi connectivity index (χ1n) is 12.6. The standard InChI is InChI=1S/C30H27NO5/c1-17-11-12-22-26(28(2)24(32)13-14-30(17,28)34)35-27(33)29(22)16-23(31-36-29)25-20-9-5-3-7-18(20)15-19-8-4-6-10-21(19)25/h3-10,13-15,17,22,26,34H,11-12,16H2,1-2H3/t17-,22+,26+,28-,29?,30+/m0/s1. The van der Waals surface area contributed by atoms with Gasteiger partial charge in [0.05, 0.1) is 11.6 Å². The second-order valence-corrected chi connectivity index (χ2v) is 11.0. The van der Waals surface area contributed by atoms with Crippen LogP contribution < -0.4 is 0 Å². The molecule has 0 amide bonds. The summed E-state index contributed by atoms with van der Waals surface area (Å²) >= 11 is 0. The summed E-state index contributed by atoms with van der Waals surface area (Å²) in [5, 5.41) is 20.5. The van der Waals surface area contributed by atoms with E-state index in [9.17, 15) is 14.7 Å². The summed E-state index contributed by atoms with van der Waals surface area (Å²) < 4.78 is 5.98. The monoisotopic (exact) mass is 481 g/mol. The van der Waals surface area contributed by atoms with E-state index < -0.39 is 34.6 Å². The average molecular weight is 482 g/mol. The van der Waals surface area contributed by atoms with Gasteiger partial charge in [0.15, 0.2) is 5.78 Å². The number of oxime groups is 1. The number of hydrogen-bond donors (Lipinski definition) is 1. The fraction of sp³-hybridized carbons (Fsp3) is 0.367. The van der Waals surface area contributed by atoms with Gasteiger partial charge in [0, 0.05) is 12.0 Å². The van der Waals surface area contributed by atoms with Crippen LogP contribution in [0.3, 0.4) is 0 Å². The van der Waals surface area contributed by atoms with Crippen LogP contribution in [0.15, 0.2) is 71.9 Å². The molecule has 182 valence electrons. The molecule has 1 saturated heterocycles. The van der Waals surface area contributed by atoms with Gasteiger partial charge >= 0.3 is 5.97 Å². The molecule has 3 aromatic carbocycles. The van der Waals surface area contributed by atoms with Crippen molar-refractivity contribution in [3.8, 4) is 0 Å². The smallest absolute Gasteiger partial charge is 0.354 e. The van der Waals surface area contributed by atoms with Crippen LogP contribution in [0.25, 0.3) is 21.5 Å². The minimum atomic E-state index is -1.37. The molecule has 36 heavy (non-hydrogen) atoms. The van der Waals surface area contributed by atoms with E-state index in [2.05, 4.69) is 35.5 Å². The summed E-state index contributed by atoms with van der Waals surface area (Å²) in [5.41, 5.74) is -2.28. The number of aliphatic hydroxyl groups is 1. The molecule has 2 aliphatic heterocycles. The van der Waals surface area contributed by atoms with Crippen LogP contribution >= 0.6 is 0 Å². The fourth-order valence-corrected chi connectivity index (χ4v) is 7.25. The van der Waals surface area contributed by atoms with Gasteiger partial charge in [0.2, 0.25) is 5.60 Å². The van der Waals surface area contributed by atoms with Gasteiger partial charge in [-0.05, 0) is 65.4 Å². The summed E-state index contributed by atoms with van der Waals surface area (Å²) in [6.45, 7) is 3.69. The van der Waals surface area contributed by atoms with Crippen molar-refractivity contribution >= 4 is 39.0 Å². The van der Waals surface area contributed by atoms with Gasteiger partial charge in [-0.3, -0.25) is 4.79 Å². The molecular weight excluding hydrogens is 454 g/mol. The van der Waals surface area contributed by atoms with Crippen molar-refractivity contribution in [2.24, 2.45) is 22.4 Å². The number of esters is 1. The predicted molar refractivity (Wildman–Crippen MR) is 135 cm³/mol. The second-order valence-electron chi connectivity index (χ2n) is 11.0. The van der Waals surface area contributed by atoms with Crippen LogP contribution in [0.2, 0.25) is 0 Å². The molecule has 6 atom stereocenters. The van der Waals surface area contributed by atoms with Crippen molar-refractivity contribution in [3.05, 3.63) is 72.3 Å². The number of nitrogens with zero attached hydrogens (tertiary/aromatic N) is 1. The third kappa shape index (κ3) is 2.48. The highest BCUT2D eigenvalue weighted by molar-refractivity contribution is 6.22. The van der Waals surface area contributed by atoms with Crippen molar-refractivity contribution in [1.82, 2.24) is 0 Å². The zero-order valence-electron chi connectivity index (χ0n) is 20.2. The highest BCUT2D eigenvalue weighted by atomic mass is 16.7. The Morgan fingerprint density at radius 1 is 1.00 bits per heavy atom. The Kier molecular flexibility index (Phi) is 4.25. The van der Waals surface area contributed by atoms with Crippen LogP contribution in [0, 0.1) is 17.3 Å². The highest BCUT2D eigenvalue weighted by Crippen LogP contribution is 2.59. The molecule has 1 unspecified atom stereocenters. The molecule has 6 heteroatoms. The maximum atomic E-state index is 13.6. The zero-order chi connectivity index (χ0) is 24.9. The maximum Gasteiger partial charge on any atom is 0.354 e. The topological polar surface area (TPSA) is 85.2 Å². The van der Waals surface area contributed by atoms with Gasteiger partial charge in [0.25, 0.3) is 0 Å². The van der Waals surface area contributed by atoms with Crippen LogP contribution in [-0.2, 0) is 19.2 Å². The van der Waals surface area contributed by atoms with Crippen LogP contribution in [0.4, 0.5) is 0 Å². The number of hydrogen-bond acceptors (Lipinski definition) is 6. The molecule has 6 nitrogen and oxygen atoms in total. The van der Waals surface area contributed by atoms with Crippen molar-refractivity contribution in [2.45, 2.75) is 50.4 Å². The van der Waals surface area contributed by atoms with Crippen molar-refractivity contribution in [1.29, 1.82) is 0 Å². The van der Waals surface area contributed by atoms with Crippen LogP contribution in [0.1, 0.15) is 38.7 Å². The molecule has 1 spiro atoms. The largest absolute Gasteiger partial charge is 0.458 e. The van der Waals surface area contributed by atoms with E-state index in [0.717, 1.165) is 27.1 Å². The molecule has 2 fully saturated rings. The van der Waals surface area contributed by atoms with E-state index in [0.29, 0.717) is 18.6 Å². The van der Waals surface area contributed by atoms with Crippen molar-refractivity contribution in [2.75, 3.05) is 0 Å². The van der Waals surface area contributed by atoms with Gasteiger partial charge in [-0.15, -0.1) is 0 Å². The molecule has 0 aromatic heterocycles. The summed E-state index contributed by atoms with van der Waals surface area (Å²) in [7, 11) is 0. The van der Waals surface area contributed by atoms with Crippen LogP contribution in [-0.4, -0.2) is 39.9 Å². The second kappa shape index (κ2) is 7.04. The van der Waals surface area contributed by atoms with E-state index in [1.54, 1.807) is 13.0 Å². The average Bonchev–Trinajstić information content (AvgIpc) is 3.50. The minimum Gasteiger partial charge on any atom is -0.458 e. The molecule has 1 N–H and O–H groups in total. The van der Waals surface area contributed by atoms with Crippen molar-refractivity contribution < 1.29 is 24.3 Å². The fourth-order valence-electron chi connectivity index (χ4n) is 7.25. The number of fused-ring (bicyclic) bond motifs is 6. The summed E-state index contributed by atoms with van der Waals surface area (Å²) in [6.07, 6.45) is 3.74. The van der Waals surface area contributed by atoms with E-state index in [1.807, 2.05) is 31.2 Å². The Labute approximate surface area is 208 Å². The molecule has 4 aliphatic rings. The Morgan fingerprint density at radius 3 is 2.36 bits per heavy atom. The third-order valence-corrected chi connectivity index (χ3v) is 9.42. The number of carbonyl (C=O) groups excluding carboxylic acids is 2. The number of carbonyl (C=O) groups is 2. The Balaban J connectivity index is 1.35. The summed E-state index contributed by atoms with van der Waals surface area (Å²) in [6, 6.07) is 18.5. The summed E-state index contributed by atoms with van der Waals surface area (Å²) in [5.74, 6) is -1.29. The van der Waals surface area contributed by atoms with E-state index in [4.69, 9.17) is 9.57 Å². The van der Waals surface area contributed by atoms with Gasteiger partial charge < -0.3 is 14.7 Å². The van der Waals surface area contributed by atoms with E-state index in [-0.39, 0.29) is 18.1 Å². The molecule has 0 bridgehead atoms. The first-order chi connectivity index (χ1) is 17.3. The molecule has 3 aromatic rings. The molecule has 7 rings (SSSR count). The lowest BCUT2D eigenvalue weighted by Gasteiger charge is -2.43. The lowest BCUT2D eigenvalue weighted by molar-refractivity contribution is -0.169. The van der Waals surface area contributed by atoms with Gasteiger partial charge in [-0.2, -0.15) is 0 Å². The molecular formula is C30H27NO5.